The Morgan fingerprint density at radius 3 is 2.32 bits per heavy atom. The van der Waals surface area contributed by atoms with Crippen molar-refractivity contribution < 1.29 is 17.9 Å². The molecule has 0 saturated heterocycles. The summed E-state index contributed by atoms with van der Waals surface area (Å²) < 4.78 is 30.6. The number of sulfonamides is 1. The number of hydrogen-bond donors (Lipinski definition) is 2. The van der Waals surface area contributed by atoms with Crippen molar-refractivity contribution in [2.24, 2.45) is 0 Å². The Bertz CT molecular complexity index is 936. The van der Waals surface area contributed by atoms with Crippen LogP contribution in [0, 0.1) is 0 Å². The molecule has 2 aromatic rings. The lowest BCUT2D eigenvalue weighted by Gasteiger charge is -2.19. The Hall–Kier alpha value is -2.25. The van der Waals surface area contributed by atoms with Crippen molar-refractivity contribution in [2.75, 3.05) is 24.1 Å². The molecule has 0 aliphatic rings. The molecule has 0 radical (unpaired) electrons. The molecule has 0 aromatic heterocycles. The van der Waals surface area contributed by atoms with E-state index in [1.807, 2.05) is 24.3 Å². The highest BCUT2D eigenvalue weighted by molar-refractivity contribution is 7.92. The van der Waals surface area contributed by atoms with Gasteiger partial charge < -0.3 is 10.1 Å². The van der Waals surface area contributed by atoms with Crippen LogP contribution in [0.5, 0.6) is 5.75 Å². The lowest BCUT2D eigenvalue weighted by molar-refractivity contribution is 0.0947. The molecule has 0 aliphatic heterocycles. The second-order valence-electron chi connectivity index (χ2n) is 7.45. The molecule has 28 heavy (non-hydrogen) atoms. The van der Waals surface area contributed by atoms with Gasteiger partial charge in [0.25, 0.3) is 5.91 Å². The normalized spacial score (nSPS) is 11.8. The van der Waals surface area contributed by atoms with E-state index in [2.05, 4.69) is 30.8 Å². The van der Waals surface area contributed by atoms with E-state index >= 15 is 0 Å². The average Bonchev–Trinajstić information content (AvgIpc) is 2.58. The van der Waals surface area contributed by atoms with Crippen molar-refractivity contribution in [3.63, 3.8) is 0 Å². The monoisotopic (exact) mass is 424 g/mol. The Labute approximate surface area is 171 Å². The fraction of sp³-hybridized carbons (Fsp3) is 0.350. The first-order valence-electron chi connectivity index (χ1n) is 8.74. The predicted octanol–water partition coefficient (Wildman–Crippen LogP) is 3.82. The summed E-state index contributed by atoms with van der Waals surface area (Å²) in [5, 5.41) is 2.94. The lowest BCUT2D eigenvalue weighted by Crippen LogP contribution is -2.28. The topological polar surface area (TPSA) is 84.5 Å². The molecular weight excluding hydrogens is 400 g/mol. The fourth-order valence-electron chi connectivity index (χ4n) is 2.46. The minimum Gasteiger partial charge on any atom is -0.492 e. The van der Waals surface area contributed by atoms with Gasteiger partial charge in [-0.25, -0.2) is 8.42 Å². The van der Waals surface area contributed by atoms with Crippen LogP contribution in [0.4, 0.5) is 5.69 Å². The summed E-state index contributed by atoms with van der Waals surface area (Å²) in [4.78, 5) is 12.3. The van der Waals surface area contributed by atoms with Gasteiger partial charge in [-0.05, 0) is 41.3 Å². The Kier molecular flexibility index (Phi) is 6.96. The van der Waals surface area contributed by atoms with Crippen LogP contribution in [0.2, 0.25) is 5.02 Å². The van der Waals surface area contributed by atoms with E-state index in [0.717, 1.165) is 12.0 Å². The van der Waals surface area contributed by atoms with Crippen LogP contribution in [0.1, 0.15) is 36.7 Å². The van der Waals surface area contributed by atoms with Gasteiger partial charge in [-0.1, -0.05) is 44.5 Å². The second-order valence-corrected chi connectivity index (χ2v) is 9.60. The maximum absolute atomic E-state index is 12.3. The molecule has 152 valence electrons. The number of amides is 1. The Morgan fingerprint density at radius 1 is 1.11 bits per heavy atom. The summed E-state index contributed by atoms with van der Waals surface area (Å²) in [7, 11) is -3.44. The smallest absolute Gasteiger partial charge is 0.252 e. The van der Waals surface area contributed by atoms with Crippen molar-refractivity contribution in [1.82, 2.24) is 5.32 Å². The lowest BCUT2D eigenvalue weighted by atomic mass is 9.87. The second kappa shape index (κ2) is 8.84. The van der Waals surface area contributed by atoms with Crippen molar-refractivity contribution in [1.29, 1.82) is 0 Å². The van der Waals surface area contributed by atoms with Crippen molar-refractivity contribution in [3.05, 3.63) is 58.6 Å². The molecular formula is C20H25ClN2O4S. The van der Waals surface area contributed by atoms with Crippen LogP contribution in [0.25, 0.3) is 0 Å². The molecule has 2 rings (SSSR count). The van der Waals surface area contributed by atoms with E-state index in [0.29, 0.717) is 6.61 Å². The number of nitrogens with one attached hydrogen (secondary N) is 2. The molecule has 0 aliphatic carbocycles. The molecule has 0 spiro atoms. The van der Waals surface area contributed by atoms with Gasteiger partial charge in [-0.2, -0.15) is 0 Å². The fourth-order valence-corrected chi connectivity index (χ4v) is 3.22. The maximum atomic E-state index is 12.3. The van der Waals surface area contributed by atoms with Crippen molar-refractivity contribution in [3.8, 4) is 5.75 Å². The van der Waals surface area contributed by atoms with Crippen LogP contribution in [0.3, 0.4) is 0 Å². The SMILES string of the molecule is CC(C)(C)c1ccc(OCCNC(=O)c2cc(NS(C)(=O)=O)ccc2Cl)cc1. The summed E-state index contributed by atoms with van der Waals surface area (Å²) >= 11 is 6.05. The highest BCUT2D eigenvalue weighted by Gasteiger charge is 2.14. The van der Waals surface area contributed by atoms with E-state index in [4.69, 9.17) is 16.3 Å². The number of carbonyl (C=O) groups is 1. The molecule has 0 heterocycles. The number of carbonyl (C=O) groups excluding carboxylic acids is 1. The Balaban J connectivity index is 1.89. The average molecular weight is 425 g/mol. The molecule has 0 fully saturated rings. The molecule has 0 atom stereocenters. The standard InChI is InChI=1S/C20H25ClN2O4S/c1-20(2,3)14-5-8-16(9-6-14)27-12-11-22-19(24)17-13-15(7-10-18(17)21)23-28(4,25)26/h5-10,13,23H,11-12H2,1-4H3,(H,22,24). The van der Waals surface area contributed by atoms with Gasteiger partial charge in [0, 0.05) is 5.69 Å². The molecule has 8 heteroatoms. The minimum atomic E-state index is -3.44. The Morgan fingerprint density at radius 2 is 1.75 bits per heavy atom. The van der Waals surface area contributed by atoms with Crippen molar-refractivity contribution in [2.45, 2.75) is 26.2 Å². The van der Waals surface area contributed by atoms with Crippen LogP contribution in [-0.4, -0.2) is 33.7 Å². The third kappa shape index (κ3) is 6.73. The quantitative estimate of drug-likeness (QED) is 0.662. The third-order valence-electron chi connectivity index (χ3n) is 3.89. The summed E-state index contributed by atoms with van der Waals surface area (Å²) in [6, 6.07) is 12.2. The van der Waals surface area contributed by atoms with Gasteiger partial charge in [-0.15, -0.1) is 0 Å². The van der Waals surface area contributed by atoms with Gasteiger partial charge in [0.2, 0.25) is 10.0 Å². The summed E-state index contributed by atoms with van der Waals surface area (Å²) in [5.41, 5.74) is 1.74. The van der Waals surface area contributed by atoms with Gasteiger partial charge in [-0.3, -0.25) is 9.52 Å². The summed E-state index contributed by atoms with van der Waals surface area (Å²) in [5.74, 6) is 0.313. The zero-order valence-corrected chi connectivity index (χ0v) is 17.9. The number of anilines is 1. The van der Waals surface area contributed by atoms with Gasteiger partial charge in [0.1, 0.15) is 12.4 Å². The molecule has 0 bridgehead atoms. The molecule has 2 aromatic carbocycles. The molecule has 6 nitrogen and oxygen atoms in total. The number of halogens is 1. The number of ether oxygens (including phenoxy) is 1. The number of rotatable bonds is 7. The van der Waals surface area contributed by atoms with E-state index in [1.165, 1.54) is 23.8 Å². The zero-order chi connectivity index (χ0) is 20.9. The van der Waals surface area contributed by atoms with Crippen LogP contribution >= 0.6 is 11.6 Å². The minimum absolute atomic E-state index is 0.0757. The van der Waals surface area contributed by atoms with Gasteiger partial charge >= 0.3 is 0 Å². The van der Waals surface area contributed by atoms with Gasteiger partial charge in [0.15, 0.2) is 0 Å². The van der Waals surface area contributed by atoms with Crippen LogP contribution < -0.4 is 14.8 Å². The molecule has 2 N–H and O–H groups in total. The largest absolute Gasteiger partial charge is 0.492 e. The third-order valence-corrected chi connectivity index (χ3v) is 4.83. The van der Waals surface area contributed by atoms with Crippen LogP contribution in [-0.2, 0) is 15.4 Å². The van der Waals surface area contributed by atoms with E-state index in [9.17, 15) is 13.2 Å². The number of benzene rings is 2. The van der Waals surface area contributed by atoms with Gasteiger partial charge in [0.05, 0.1) is 23.4 Å². The summed E-state index contributed by atoms with van der Waals surface area (Å²) in [6.07, 6.45) is 1.03. The molecule has 0 saturated carbocycles. The highest BCUT2D eigenvalue weighted by atomic mass is 35.5. The summed E-state index contributed by atoms with van der Waals surface area (Å²) in [6.45, 7) is 7.00. The highest BCUT2D eigenvalue weighted by Crippen LogP contribution is 2.24. The first-order valence-corrected chi connectivity index (χ1v) is 11.0. The van der Waals surface area contributed by atoms with E-state index < -0.39 is 15.9 Å². The van der Waals surface area contributed by atoms with Crippen LogP contribution in [0.15, 0.2) is 42.5 Å². The maximum Gasteiger partial charge on any atom is 0.252 e. The van der Waals surface area contributed by atoms with E-state index in [1.54, 1.807) is 0 Å². The first-order chi connectivity index (χ1) is 13.0. The van der Waals surface area contributed by atoms with Crippen molar-refractivity contribution >= 4 is 33.2 Å². The molecule has 0 unspecified atom stereocenters. The zero-order valence-electron chi connectivity index (χ0n) is 16.4. The molecule has 1 amide bonds. The number of hydrogen-bond acceptors (Lipinski definition) is 4. The van der Waals surface area contributed by atoms with E-state index in [-0.39, 0.29) is 28.2 Å². The first kappa shape index (κ1) is 22.0. The predicted molar refractivity (Wildman–Crippen MR) is 113 cm³/mol.